The molecule has 2 aliphatic rings. The monoisotopic (exact) mass is 333 g/mol. The van der Waals surface area contributed by atoms with Gasteiger partial charge in [0.05, 0.1) is 17.9 Å². The molecule has 0 amide bonds. The summed E-state index contributed by atoms with van der Waals surface area (Å²) < 4.78 is 0. The van der Waals surface area contributed by atoms with Crippen molar-refractivity contribution in [2.24, 2.45) is 17.8 Å². The average Bonchev–Trinajstić information content (AvgIpc) is 2.55. The molecule has 1 N–H and O–H groups in total. The van der Waals surface area contributed by atoms with Gasteiger partial charge in [-0.1, -0.05) is 39.2 Å². The van der Waals surface area contributed by atoms with Gasteiger partial charge in [-0.2, -0.15) is 0 Å². The summed E-state index contributed by atoms with van der Waals surface area (Å²) in [6, 6.07) is 0. The lowest BCUT2D eigenvalue weighted by Crippen LogP contribution is -2.34. The predicted octanol–water partition coefficient (Wildman–Crippen LogP) is 4.12. The van der Waals surface area contributed by atoms with Gasteiger partial charge in [-0.15, -0.1) is 6.58 Å². The second kappa shape index (κ2) is 9.16. The van der Waals surface area contributed by atoms with Crippen LogP contribution in [0.4, 0.5) is 0 Å². The maximum Gasteiger partial charge on any atom is 0.168 e. The standard InChI is InChI=1S/C20H31NO3/c1-4-6-17(21-24-11-5-2)20-18(22)12-16(13-19(20)23)15-9-7-14(3)8-10-15/h5,14-16,21H,2,4,6-13H2,1,3H3. The molecule has 0 aromatic heterocycles. The first-order valence-corrected chi connectivity index (χ1v) is 9.35. The highest BCUT2D eigenvalue weighted by molar-refractivity contribution is 6.22. The lowest BCUT2D eigenvalue weighted by atomic mass is 9.69. The highest BCUT2D eigenvalue weighted by Crippen LogP contribution is 2.39. The highest BCUT2D eigenvalue weighted by Gasteiger charge is 2.37. The van der Waals surface area contributed by atoms with E-state index < -0.39 is 0 Å². The Hall–Kier alpha value is -1.42. The van der Waals surface area contributed by atoms with Crippen molar-refractivity contribution in [1.82, 2.24) is 5.48 Å². The van der Waals surface area contributed by atoms with Crippen LogP contribution in [0.25, 0.3) is 0 Å². The molecular weight excluding hydrogens is 302 g/mol. The van der Waals surface area contributed by atoms with E-state index in [0.29, 0.717) is 43.1 Å². The van der Waals surface area contributed by atoms with Crippen molar-refractivity contribution < 1.29 is 14.4 Å². The normalized spacial score (nSPS) is 27.9. The van der Waals surface area contributed by atoms with Crippen LogP contribution in [0.5, 0.6) is 0 Å². The van der Waals surface area contributed by atoms with Crippen molar-refractivity contribution >= 4 is 11.6 Å². The Labute approximate surface area is 145 Å². The van der Waals surface area contributed by atoms with Crippen LogP contribution >= 0.6 is 0 Å². The van der Waals surface area contributed by atoms with Crippen LogP contribution in [0.2, 0.25) is 0 Å². The van der Waals surface area contributed by atoms with Gasteiger partial charge in [0.15, 0.2) is 11.6 Å². The second-order valence-electron chi connectivity index (χ2n) is 7.34. The first-order valence-electron chi connectivity index (χ1n) is 9.35. The topological polar surface area (TPSA) is 55.4 Å². The van der Waals surface area contributed by atoms with Gasteiger partial charge < -0.3 is 0 Å². The van der Waals surface area contributed by atoms with Gasteiger partial charge in [-0.25, -0.2) is 0 Å². The maximum absolute atomic E-state index is 12.7. The summed E-state index contributed by atoms with van der Waals surface area (Å²) in [5, 5.41) is 0. The minimum Gasteiger partial charge on any atom is -0.294 e. The minimum atomic E-state index is -0.00646. The summed E-state index contributed by atoms with van der Waals surface area (Å²) in [6.07, 6.45) is 8.93. The molecule has 0 heterocycles. The van der Waals surface area contributed by atoms with Crippen LogP contribution < -0.4 is 5.48 Å². The van der Waals surface area contributed by atoms with Crippen LogP contribution in [-0.2, 0) is 14.4 Å². The molecule has 0 atom stereocenters. The number of rotatable bonds is 7. The van der Waals surface area contributed by atoms with E-state index in [1.165, 1.54) is 12.8 Å². The van der Waals surface area contributed by atoms with E-state index in [1.807, 2.05) is 6.92 Å². The number of carbonyl (C=O) groups is 2. The Morgan fingerprint density at radius 3 is 2.33 bits per heavy atom. The minimum absolute atomic E-state index is 0.00646. The fourth-order valence-electron chi connectivity index (χ4n) is 4.00. The lowest BCUT2D eigenvalue weighted by molar-refractivity contribution is -0.126. The Kier molecular flexibility index (Phi) is 7.22. The molecule has 0 radical (unpaired) electrons. The summed E-state index contributed by atoms with van der Waals surface area (Å²) in [5.74, 6) is 1.54. The molecule has 2 saturated carbocycles. The van der Waals surface area contributed by atoms with Gasteiger partial charge in [-0.05, 0) is 37.0 Å². The molecule has 4 heteroatoms. The third-order valence-electron chi connectivity index (χ3n) is 5.38. The lowest BCUT2D eigenvalue weighted by Gasteiger charge is -2.34. The SMILES string of the molecule is C=CCONC(CCC)=C1C(=O)CC(C2CCC(C)CC2)CC1=O. The zero-order valence-corrected chi connectivity index (χ0v) is 15.1. The predicted molar refractivity (Wildman–Crippen MR) is 95.1 cm³/mol. The van der Waals surface area contributed by atoms with Crippen molar-refractivity contribution in [3.8, 4) is 0 Å². The van der Waals surface area contributed by atoms with Gasteiger partial charge in [0.2, 0.25) is 0 Å². The molecule has 4 nitrogen and oxygen atoms in total. The Bertz CT molecular complexity index is 481. The first kappa shape index (κ1) is 18.9. The molecule has 0 unspecified atom stereocenters. The zero-order valence-electron chi connectivity index (χ0n) is 15.1. The summed E-state index contributed by atoms with van der Waals surface area (Å²) in [4.78, 5) is 30.6. The Morgan fingerprint density at radius 2 is 1.79 bits per heavy atom. The smallest absolute Gasteiger partial charge is 0.168 e. The molecule has 2 fully saturated rings. The quantitative estimate of drug-likeness (QED) is 0.250. The number of hydroxylamine groups is 1. The fourth-order valence-corrected chi connectivity index (χ4v) is 4.00. The van der Waals surface area contributed by atoms with Crippen LogP contribution in [0, 0.1) is 17.8 Å². The zero-order chi connectivity index (χ0) is 17.5. The summed E-state index contributed by atoms with van der Waals surface area (Å²) in [7, 11) is 0. The van der Waals surface area contributed by atoms with Gasteiger partial charge >= 0.3 is 0 Å². The molecule has 0 bridgehead atoms. The van der Waals surface area contributed by atoms with Crippen LogP contribution in [0.3, 0.4) is 0 Å². The van der Waals surface area contributed by atoms with Gasteiger partial charge in [0.25, 0.3) is 0 Å². The molecule has 0 aromatic rings. The van der Waals surface area contributed by atoms with E-state index >= 15 is 0 Å². The third-order valence-corrected chi connectivity index (χ3v) is 5.38. The number of hydrogen-bond acceptors (Lipinski definition) is 4. The molecule has 0 saturated heterocycles. The number of nitrogens with one attached hydrogen (secondary N) is 1. The molecule has 0 aliphatic heterocycles. The number of ketones is 2. The highest BCUT2D eigenvalue weighted by atomic mass is 16.6. The van der Waals surface area contributed by atoms with Crippen molar-refractivity contribution in [1.29, 1.82) is 0 Å². The number of Topliss-reactive ketones (excluding diaryl/α,β-unsaturated/α-hetero) is 2. The van der Waals surface area contributed by atoms with Crippen LogP contribution in [0.15, 0.2) is 23.9 Å². The van der Waals surface area contributed by atoms with Crippen molar-refractivity contribution in [3.63, 3.8) is 0 Å². The van der Waals surface area contributed by atoms with Gasteiger partial charge in [0.1, 0.15) is 0 Å². The molecule has 2 aliphatic carbocycles. The molecule has 0 spiro atoms. The maximum atomic E-state index is 12.7. The van der Waals surface area contributed by atoms with Crippen LogP contribution in [-0.4, -0.2) is 18.2 Å². The molecule has 24 heavy (non-hydrogen) atoms. The number of allylic oxidation sites excluding steroid dienone is 2. The van der Waals surface area contributed by atoms with Crippen molar-refractivity contribution in [2.45, 2.75) is 65.2 Å². The van der Waals surface area contributed by atoms with Crippen molar-refractivity contribution in [3.05, 3.63) is 23.9 Å². The largest absolute Gasteiger partial charge is 0.294 e. The fraction of sp³-hybridized carbons (Fsp3) is 0.700. The van der Waals surface area contributed by atoms with Crippen LogP contribution in [0.1, 0.15) is 65.2 Å². The average molecular weight is 333 g/mol. The Morgan fingerprint density at radius 1 is 1.17 bits per heavy atom. The number of hydrogen-bond donors (Lipinski definition) is 1. The van der Waals surface area contributed by atoms with Gasteiger partial charge in [-0.3, -0.25) is 19.9 Å². The summed E-state index contributed by atoms with van der Waals surface area (Å²) >= 11 is 0. The Balaban J connectivity index is 2.07. The molecular formula is C20H31NO3. The first-order chi connectivity index (χ1) is 11.6. The second-order valence-corrected chi connectivity index (χ2v) is 7.34. The summed E-state index contributed by atoms with van der Waals surface area (Å²) in [5.41, 5.74) is 3.81. The molecule has 2 rings (SSSR count). The van der Waals surface area contributed by atoms with Crippen molar-refractivity contribution in [2.75, 3.05) is 6.61 Å². The van der Waals surface area contributed by atoms with Gasteiger partial charge in [0, 0.05) is 12.8 Å². The molecule has 0 aromatic carbocycles. The van der Waals surface area contributed by atoms with E-state index in [1.54, 1.807) is 6.08 Å². The van der Waals surface area contributed by atoms with E-state index in [9.17, 15) is 9.59 Å². The summed E-state index contributed by atoms with van der Waals surface area (Å²) in [6.45, 7) is 8.26. The third kappa shape index (κ3) is 4.79. The van der Waals surface area contributed by atoms with E-state index in [4.69, 9.17) is 4.84 Å². The van der Waals surface area contributed by atoms with E-state index in [0.717, 1.165) is 25.2 Å². The number of carbonyl (C=O) groups excluding carboxylic acids is 2. The van der Waals surface area contributed by atoms with E-state index in [2.05, 4.69) is 19.0 Å². The van der Waals surface area contributed by atoms with E-state index in [-0.39, 0.29) is 17.5 Å². The molecule has 134 valence electrons.